The topological polar surface area (TPSA) is 49.9 Å². The van der Waals surface area contributed by atoms with E-state index < -0.39 is 0 Å². The normalized spacial score (nSPS) is 21.3. The fraction of sp³-hybridized carbons (Fsp3) is 0.462. The first-order valence-electron chi connectivity index (χ1n) is 11.6. The molecule has 0 aliphatic carbocycles. The van der Waals surface area contributed by atoms with Gasteiger partial charge < -0.3 is 14.5 Å². The first-order valence-corrected chi connectivity index (χ1v) is 12.4. The summed E-state index contributed by atoms with van der Waals surface area (Å²) >= 11 is 3.51. The number of para-hydroxylation sites is 1. The highest BCUT2D eigenvalue weighted by Gasteiger charge is 2.41. The van der Waals surface area contributed by atoms with E-state index in [1.54, 1.807) is 0 Å². The van der Waals surface area contributed by atoms with E-state index in [1.165, 1.54) is 6.42 Å². The van der Waals surface area contributed by atoms with Crippen molar-refractivity contribution in [3.8, 4) is 5.75 Å². The average Bonchev–Trinajstić information content (AvgIpc) is 2.84. The van der Waals surface area contributed by atoms with Gasteiger partial charge in [-0.15, -0.1) is 0 Å². The van der Waals surface area contributed by atoms with Gasteiger partial charge in [0.25, 0.3) is 5.91 Å². The van der Waals surface area contributed by atoms with Crippen LogP contribution in [0.4, 0.5) is 0 Å². The van der Waals surface area contributed by atoms with Gasteiger partial charge in [0.15, 0.2) is 0 Å². The molecule has 2 aromatic carbocycles. The summed E-state index contributed by atoms with van der Waals surface area (Å²) in [6.45, 7) is 3.34. The van der Waals surface area contributed by atoms with Crippen LogP contribution in [0.1, 0.15) is 48.9 Å². The molecule has 32 heavy (non-hydrogen) atoms. The lowest BCUT2D eigenvalue weighted by atomic mass is 9.77. The molecule has 2 aliphatic rings. The van der Waals surface area contributed by atoms with Crippen LogP contribution in [0.5, 0.6) is 5.75 Å². The Morgan fingerprint density at radius 2 is 1.56 bits per heavy atom. The van der Waals surface area contributed by atoms with E-state index in [1.807, 2.05) is 64.4 Å². The highest BCUT2D eigenvalue weighted by atomic mass is 79.9. The van der Waals surface area contributed by atoms with Crippen molar-refractivity contribution in [1.82, 2.24) is 9.80 Å². The fourth-order valence-electron chi connectivity index (χ4n) is 4.83. The molecule has 0 saturated carbocycles. The minimum atomic E-state index is -0.389. The molecule has 0 N–H and O–H groups in total. The number of benzene rings is 2. The summed E-state index contributed by atoms with van der Waals surface area (Å²) < 4.78 is 6.97. The molecule has 2 heterocycles. The Labute approximate surface area is 198 Å². The van der Waals surface area contributed by atoms with Gasteiger partial charge in [0.05, 0.1) is 12.2 Å². The maximum Gasteiger partial charge on any atom is 0.255 e. The monoisotopic (exact) mass is 498 g/mol. The van der Waals surface area contributed by atoms with E-state index in [0.29, 0.717) is 31.7 Å². The Morgan fingerprint density at radius 3 is 2.31 bits per heavy atom. The molecule has 2 aromatic rings. The van der Waals surface area contributed by atoms with Gasteiger partial charge in [-0.1, -0.05) is 30.3 Å². The predicted octanol–water partition coefficient (Wildman–Crippen LogP) is 5.15. The second kappa shape index (κ2) is 10.5. The van der Waals surface area contributed by atoms with E-state index in [4.69, 9.17) is 4.74 Å². The van der Waals surface area contributed by atoms with Crippen molar-refractivity contribution in [3.05, 3.63) is 64.6 Å². The largest absolute Gasteiger partial charge is 0.493 e. The van der Waals surface area contributed by atoms with Crippen LogP contribution in [0.2, 0.25) is 0 Å². The maximum atomic E-state index is 13.3. The first-order chi connectivity index (χ1) is 15.6. The third kappa shape index (κ3) is 5.52. The molecule has 0 aromatic heterocycles. The number of hydrogen-bond donors (Lipinski definition) is 0. The van der Waals surface area contributed by atoms with E-state index in [9.17, 15) is 9.59 Å². The third-order valence-electron chi connectivity index (χ3n) is 6.58. The zero-order valence-electron chi connectivity index (χ0n) is 18.5. The summed E-state index contributed by atoms with van der Waals surface area (Å²) in [7, 11) is 0. The van der Waals surface area contributed by atoms with Crippen LogP contribution in [-0.2, 0) is 4.79 Å². The van der Waals surface area contributed by atoms with Gasteiger partial charge in [-0.2, -0.15) is 0 Å². The summed E-state index contributed by atoms with van der Waals surface area (Å²) in [4.78, 5) is 30.5. The van der Waals surface area contributed by atoms with Gasteiger partial charge >= 0.3 is 0 Å². The lowest BCUT2D eigenvalue weighted by Gasteiger charge is -2.43. The van der Waals surface area contributed by atoms with Gasteiger partial charge in [-0.05, 0) is 72.3 Å². The Balaban J connectivity index is 1.53. The van der Waals surface area contributed by atoms with Crippen molar-refractivity contribution in [2.45, 2.75) is 38.5 Å². The molecule has 0 bridgehead atoms. The van der Waals surface area contributed by atoms with Crippen molar-refractivity contribution in [3.63, 3.8) is 0 Å². The van der Waals surface area contributed by atoms with E-state index >= 15 is 0 Å². The van der Waals surface area contributed by atoms with E-state index in [0.717, 1.165) is 49.0 Å². The first kappa shape index (κ1) is 22.8. The van der Waals surface area contributed by atoms with Crippen LogP contribution in [0.25, 0.3) is 0 Å². The summed E-state index contributed by atoms with van der Waals surface area (Å²) in [5.41, 5.74) is 0.272. The van der Waals surface area contributed by atoms with Crippen LogP contribution < -0.4 is 4.74 Å². The molecule has 170 valence electrons. The summed E-state index contributed by atoms with van der Waals surface area (Å²) in [6, 6.07) is 17.3. The molecule has 0 unspecified atom stereocenters. The number of amides is 2. The Bertz CT molecular complexity index is 930. The van der Waals surface area contributed by atoms with Crippen molar-refractivity contribution >= 4 is 27.7 Å². The number of carbonyl (C=O) groups is 2. The van der Waals surface area contributed by atoms with E-state index in [2.05, 4.69) is 15.9 Å². The number of halogens is 1. The summed E-state index contributed by atoms with van der Waals surface area (Å²) in [6.07, 6.45) is 5.50. The van der Waals surface area contributed by atoms with Gasteiger partial charge in [0.2, 0.25) is 5.91 Å². The van der Waals surface area contributed by atoms with Gasteiger partial charge in [-0.3, -0.25) is 9.59 Å². The molecule has 2 amide bonds. The smallest absolute Gasteiger partial charge is 0.255 e. The number of carbonyl (C=O) groups excluding carboxylic acids is 2. The molecule has 0 spiro atoms. The van der Waals surface area contributed by atoms with Gasteiger partial charge in [0, 0.05) is 42.5 Å². The zero-order valence-corrected chi connectivity index (χ0v) is 20.1. The lowest BCUT2D eigenvalue weighted by molar-refractivity contribution is -0.136. The standard InChI is InChI=1S/C26H31BrN2O3/c27-23-13-6-5-12-22(23)25(31)29-17-9-14-26(19-29,20-32-21-10-3-1-4-11-21)18-24(30)28-15-7-2-8-16-28/h1,3-6,10-13H,2,7-9,14-20H2/t26-/m0/s1. The number of hydrogen-bond acceptors (Lipinski definition) is 3. The van der Waals surface area contributed by atoms with Crippen LogP contribution in [0, 0.1) is 5.41 Å². The van der Waals surface area contributed by atoms with Gasteiger partial charge in [0.1, 0.15) is 5.75 Å². The van der Waals surface area contributed by atoms with Crippen molar-refractivity contribution in [1.29, 1.82) is 0 Å². The summed E-state index contributed by atoms with van der Waals surface area (Å²) in [5.74, 6) is 0.995. The molecular formula is C26H31BrN2O3. The van der Waals surface area contributed by atoms with Gasteiger partial charge in [-0.25, -0.2) is 0 Å². The molecule has 5 nitrogen and oxygen atoms in total. The SMILES string of the molecule is O=C(C[C@@]1(COc2ccccc2)CCCN(C(=O)c2ccccc2Br)C1)N1CCCCC1. The van der Waals surface area contributed by atoms with Crippen LogP contribution in [0.3, 0.4) is 0 Å². The van der Waals surface area contributed by atoms with E-state index in [-0.39, 0.29) is 17.2 Å². The maximum absolute atomic E-state index is 13.3. The predicted molar refractivity (Wildman–Crippen MR) is 129 cm³/mol. The minimum Gasteiger partial charge on any atom is -0.493 e. The molecule has 6 heteroatoms. The molecule has 2 fully saturated rings. The highest BCUT2D eigenvalue weighted by molar-refractivity contribution is 9.10. The minimum absolute atomic E-state index is 0.00619. The number of ether oxygens (including phenoxy) is 1. The summed E-state index contributed by atoms with van der Waals surface area (Å²) in [5, 5.41) is 0. The molecule has 2 saturated heterocycles. The molecular weight excluding hydrogens is 468 g/mol. The van der Waals surface area contributed by atoms with Crippen molar-refractivity contribution in [2.24, 2.45) is 5.41 Å². The number of piperidine rings is 2. The zero-order chi connectivity index (χ0) is 22.4. The average molecular weight is 499 g/mol. The number of likely N-dealkylation sites (tertiary alicyclic amines) is 2. The lowest BCUT2D eigenvalue weighted by Crippen LogP contribution is -2.51. The Hall–Kier alpha value is -2.34. The third-order valence-corrected chi connectivity index (χ3v) is 7.27. The molecule has 1 atom stereocenters. The van der Waals surface area contributed by atoms with Crippen LogP contribution in [0.15, 0.2) is 59.1 Å². The second-order valence-electron chi connectivity index (χ2n) is 9.03. The second-order valence-corrected chi connectivity index (χ2v) is 9.88. The molecule has 4 rings (SSSR count). The molecule has 2 aliphatic heterocycles. The number of rotatable bonds is 6. The number of nitrogens with zero attached hydrogens (tertiary/aromatic N) is 2. The van der Waals surface area contributed by atoms with Crippen molar-refractivity contribution < 1.29 is 14.3 Å². The highest BCUT2D eigenvalue weighted by Crippen LogP contribution is 2.36. The van der Waals surface area contributed by atoms with Crippen molar-refractivity contribution in [2.75, 3.05) is 32.8 Å². The van der Waals surface area contributed by atoms with Crippen LogP contribution >= 0.6 is 15.9 Å². The Morgan fingerprint density at radius 1 is 0.875 bits per heavy atom. The Kier molecular flexibility index (Phi) is 7.51. The fourth-order valence-corrected chi connectivity index (χ4v) is 5.28. The van der Waals surface area contributed by atoms with Crippen LogP contribution in [-0.4, -0.2) is 54.4 Å². The quantitative estimate of drug-likeness (QED) is 0.552. The molecule has 0 radical (unpaired) electrons.